The van der Waals surface area contributed by atoms with E-state index in [0.29, 0.717) is 11.8 Å². The summed E-state index contributed by atoms with van der Waals surface area (Å²) < 4.78 is 41.3. The monoisotopic (exact) mass is 368 g/mol. The van der Waals surface area contributed by atoms with E-state index < -0.39 is 21.7 Å². The fourth-order valence-corrected chi connectivity index (χ4v) is 4.71. The maximum atomic E-state index is 14.3. The van der Waals surface area contributed by atoms with Crippen LogP contribution in [0.5, 0.6) is 0 Å². The summed E-state index contributed by atoms with van der Waals surface area (Å²) in [5, 5.41) is 0. The van der Waals surface area contributed by atoms with Gasteiger partial charge in [-0.3, -0.25) is 4.79 Å². The van der Waals surface area contributed by atoms with Gasteiger partial charge in [-0.25, -0.2) is 17.5 Å². The van der Waals surface area contributed by atoms with Gasteiger partial charge in [0.25, 0.3) is 5.91 Å². The molecule has 1 aromatic rings. The van der Waals surface area contributed by atoms with E-state index in [9.17, 15) is 17.6 Å². The zero-order chi connectivity index (χ0) is 18.4. The lowest BCUT2D eigenvalue weighted by atomic mass is 10.0. The molecule has 0 aromatic heterocycles. The van der Waals surface area contributed by atoms with Crippen LogP contribution in [0.4, 0.5) is 4.39 Å². The number of carbonyl (C=O) groups excluding carboxylic acids is 1. The molecular weight excluding hydrogens is 343 g/mol. The first-order valence-corrected chi connectivity index (χ1v) is 10.3. The summed E-state index contributed by atoms with van der Waals surface area (Å²) in [7, 11) is -2.07. The first-order chi connectivity index (χ1) is 11.7. The Balaban J connectivity index is 1.88. The van der Waals surface area contributed by atoms with E-state index in [1.165, 1.54) is 6.07 Å². The summed E-state index contributed by atoms with van der Waals surface area (Å²) in [5.74, 6) is -0.133. The Hall–Kier alpha value is -1.47. The molecule has 138 valence electrons. The number of amides is 1. The summed E-state index contributed by atoms with van der Waals surface area (Å²) in [6.45, 7) is 3.41. The van der Waals surface area contributed by atoms with Gasteiger partial charge in [-0.1, -0.05) is 0 Å². The predicted molar refractivity (Wildman–Crippen MR) is 93.2 cm³/mol. The smallest absolute Gasteiger partial charge is 0.256 e. The van der Waals surface area contributed by atoms with Crippen molar-refractivity contribution in [3.05, 3.63) is 29.6 Å². The molecule has 2 aliphatic rings. The molecule has 0 unspecified atom stereocenters. The lowest BCUT2D eigenvalue weighted by molar-refractivity contribution is 0.0685. The van der Waals surface area contributed by atoms with Crippen molar-refractivity contribution in [3.8, 4) is 0 Å². The van der Waals surface area contributed by atoms with Crippen LogP contribution in [0.15, 0.2) is 23.1 Å². The van der Waals surface area contributed by atoms with Crippen LogP contribution in [-0.2, 0) is 10.0 Å². The number of sulfonamides is 1. The lowest BCUT2D eigenvalue weighted by Crippen LogP contribution is -2.40. The van der Waals surface area contributed by atoms with E-state index in [1.54, 1.807) is 25.8 Å². The quantitative estimate of drug-likeness (QED) is 0.805. The topological polar surface area (TPSA) is 66.5 Å². The molecule has 1 amide bonds. The maximum absolute atomic E-state index is 14.3. The number of benzene rings is 1. The fraction of sp³-hybridized carbons (Fsp3) is 0.611. The molecule has 0 atom stereocenters. The van der Waals surface area contributed by atoms with Gasteiger partial charge in [0.1, 0.15) is 5.82 Å². The highest BCUT2D eigenvalue weighted by Crippen LogP contribution is 2.47. The van der Waals surface area contributed by atoms with Gasteiger partial charge in [0.15, 0.2) is 0 Å². The summed E-state index contributed by atoms with van der Waals surface area (Å²) in [6, 6.07) is 3.25. The molecule has 2 aliphatic carbocycles. The highest BCUT2D eigenvalue weighted by molar-refractivity contribution is 7.89. The molecule has 3 rings (SSSR count). The Morgan fingerprint density at radius 2 is 1.76 bits per heavy atom. The second kappa shape index (κ2) is 6.68. The molecule has 2 saturated carbocycles. The van der Waals surface area contributed by atoms with E-state index in [0.717, 1.165) is 37.8 Å². The number of nitrogens with zero attached hydrogens (tertiary/aromatic N) is 1. The number of nitrogens with one attached hydrogen (secondary N) is 1. The van der Waals surface area contributed by atoms with Crippen molar-refractivity contribution in [2.75, 3.05) is 7.05 Å². The van der Waals surface area contributed by atoms with Crippen molar-refractivity contribution in [1.82, 2.24) is 9.62 Å². The second-order valence-electron chi connectivity index (χ2n) is 7.50. The van der Waals surface area contributed by atoms with E-state index in [1.807, 2.05) is 0 Å². The van der Waals surface area contributed by atoms with Crippen LogP contribution in [0.1, 0.15) is 49.9 Å². The zero-order valence-corrected chi connectivity index (χ0v) is 15.6. The van der Waals surface area contributed by atoms with Crippen LogP contribution in [0.25, 0.3) is 0 Å². The summed E-state index contributed by atoms with van der Waals surface area (Å²) in [4.78, 5) is 14.4. The molecule has 1 N–H and O–H groups in total. The number of hydrogen-bond acceptors (Lipinski definition) is 3. The highest BCUT2D eigenvalue weighted by Gasteiger charge is 2.45. The molecular formula is C18H25FN2O3S. The van der Waals surface area contributed by atoms with Crippen molar-refractivity contribution in [2.24, 2.45) is 11.8 Å². The lowest BCUT2D eigenvalue weighted by Gasteiger charge is -2.28. The van der Waals surface area contributed by atoms with Gasteiger partial charge in [0, 0.05) is 19.1 Å². The highest BCUT2D eigenvalue weighted by atomic mass is 32.2. The SMILES string of the molecule is CC(C)NS(=O)(=O)c1ccc(F)c(C(=O)N(C)C(C2CC2)C2CC2)c1. The number of rotatable bonds is 7. The fourth-order valence-electron chi connectivity index (χ4n) is 3.43. The minimum Gasteiger partial charge on any atom is -0.338 e. The van der Waals surface area contributed by atoms with Crippen LogP contribution < -0.4 is 4.72 Å². The molecule has 1 aromatic carbocycles. The maximum Gasteiger partial charge on any atom is 0.256 e. The van der Waals surface area contributed by atoms with E-state index in [-0.39, 0.29) is 22.5 Å². The molecule has 0 heterocycles. The second-order valence-corrected chi connectivity index (χ2v) is 9.21. The van der Waals surface area contributed by atoms with Crippen molar-refractivity contribution < 1.29 is 17.6 Å². The number of carbonyl (C=O) groups is 1. The molecule has 0 bridgehead atoms. The Morgan fingerprint density at radius 1 is 1.20 bits per heavy atom. The Morgan fingerprint density at radius 3 is 2.24 bits per heavy atom. The minimum atomic E-state index is -3.77. The third kappa shape index (κ3) is 4.03. The summed E-state index contributed by atoms with van der Waals surface area (Å²) >= 11 is 0. The Labute approximate surface area is 148 Å². The zero-order valence-electron chi connectivity index (χ0n) is 14.8. The molecule has 25 heavy (non-hydrogen) atoms. The van der Waals surface area contributed by atoms with Gasteiger partial charge in [-0.05, 0) is 69.6 Å². The van der Waals surface area contributed by atoms with Crippen molar-refractivity contribution in [3.63, 3.8) is 0 Å². The molecule has 0 saturated heterocycles. The van der Waals surface area contributed by atoms with E-state index >= 15 is 0 Å². The van der Waals surface area contributed by atoms with Crippen molar-refractivity contribution in [2.45, 2.75) is 56.5 Å². The van der Waals surface area contributed by atoms with Gasteiger partial charge >= 0.3 is 0 Å². The van der Waals surface area contributed by atoms with Crippen molar-refractivity contribution >= 4 is 15.9 Å². The van der Waals surface area contributed by atoms with Gasteiger partial charge in [0.2, 0.25) is 10.0 Å². The largest absolute Gasteiger partial charge is 0.338 e. The van der Waals surface area contributed by atoms with Crippen LogP contribution in [0.2, 0.25) is 0 Å². The van der Waals surface area contributed by atoms with Gasteiger partial charge in [0.05, 0.1) is 10.5 Å². The number of halogens is 1. The average molecular weight is 368 g/mol. The molecule has 2 fully saturated rings. The van der Waals surface area contributed by atoms with Crippen LogP contribution in [0.3, 0.4) is 0 Å². The van der Waals surface area contributed by atoms with Crippen LogP contribution in [-0.4, -0.2) is 38.4 Å². The van der Waals surface area contributed by atoms with E-state index in [2.05, 4.69) is 4.72 Å². The van der Waals surface area contributed by atoms with Crippen molar-refractivity contribution in [1.29, 1.82) is 0 Å². The molecule has 0 spiro atoms. The molecule has 0 aliphatic heterocycles. The van der Waals surface area contributed by atoms with Crippen LogP contribution >= 0.6 is 0 Å². The first kappa shape index (κ1) is 18.3. The third-order valence-corrected chi connectivity index (χ3v) is 6.50. The minimum absolute atomic E-state index is 0.0891. The predicted octanol–water partition coefficient (Wildman–Crippen LogP) is 2.77. The standard InChI is InChI=1S/C18H25FN2O3S/c1-11(2)20-25(23,24)14-8-9-16(19)15(10-14)18(22)21(3)17(12-4-5-12)13-6-7-13/h8-13,17,20H,4-7H2,1-3H3. The normalized spacial score (nSPS) is 18.0. The molecule has 0 radical (unpaired) electrons. The third-order valence-electron chi connectivity index (χ3n) is 4.85. The summed E-state index contributed by atoms with van der Waals surface area (Å²) in [5.41, 5.74) is -0.180. The van der Waals surface area contributed by atoms with E-state index in [4.69, 9.17) is 0 Å². The van der Waals surface area contributed by atoms with Gasteiger partial charge in [-0.15, -0.1) is 0 Å². The Kier molecular flexibility index (Phi) is 4.90. The van der Waals surface area contributed by atoms with Gasteiger partial charge in [-0.2, -0.15) is 0 Å². The van der Waals surface area contributed by atoms with Crippen LogP contribution in [0, 0.1) is 17.7 Å². The Bertz CT molecular complexity index is 759. The first-order valence-electron chi connectivity index (χ1n) is 8.79. The van der Waals surface area contributed by atoms with Gasteiger partial charge < -0.3 is 4.90 Å². The average Bonchev–Trinajstić information content (AvgIpc) is 3.40. The number of hydrogen-bond donors (Lipinski definition) is 1. The summed E-state index contributed by atoms with van der Waals surface area (Å²) in [6.07, 6.45) is 4.42. The molecule has 7 heteroatoms. The molecule has 5 nitrogen and oxygen atoms in total.